The predicted molar refractivity (Wildman–Crippen MR) is 106 cm³/mol. The molecule has 0 radical (unpaired) electrons. The molecule has 2 fully saturated rings. The summed E-state index contributed by atoms with van der Waals surface area (Å²) in [7, 11) is 1.85. The minimum absolute atomic E-state index is 0.0135. The normalized spacial score (nSPS) is 27.1. The monoisotopic (exact) mass is 376 g/mol. The number of amides is 1. The Hall–Kier alpha value is -2.73. The quantitative estimate of drug-likeness (QED) is 0.747. The number of aromatic nitrogens is 3. The third-order valence-electron chi connectivity index (χ3n) is 6.59. The number of nitrogens with zero attached hydrogens (tertiary/aromatic N) is 4. The highest BCUT2D eigenvalue weighted by Crippen LogP contribution is 2.48. The number of fused-ring (bicyclic) bond motifs is 2. The smallest absolute Gasteiger partial charge is 0.255 e. The molecule has 0 unspecified atom stereocenters. The minimum Gasteiger partial charge on any atom is -0.385 e. The van der Waals surface area contributed by atoms with Gasteiger partial charge in [-0.05, 0) is 36.8 Å². The molecule has 28 heavy (non-hydrogen) atoms. The maximum atomic E-state index is 13.2. The molecule has 3 heterocycles. The van der Waals surface area contributed by atoms with Crippen LogP contribution in [0.3, 0.4) is 0 Å². The van der Waals surface area contributed by atoms with E-state index in [-0.39, 0.29) is 11.8 Å². The van der Waals surface area contributed by atoms with Gasteiger partial charge in [0.15, 0.2) is 0 Å². The molecule has 1 N–H and O–H groups in total. The van der Waals surface area contributed by atoms with Gasteiger partial charge in [-0.15, -0.1) is 0 Å². The van der Waals surface area contributed by atoms with Crippen LogP contribution in [0, 0.1) is 11.8 Å². The van der Waals surface area contributed by atoms with Crippen molar-refractivity contribution in [2.75, 3.05) is 13.1 Å². The summed E-state index contributed by atoms with van der Waals surface area (Å²) in [6, 6.07) is 11.8. The van der Waals surface area contributed by atoms with Crippen molar-refractivity contribution in [3.05, 3.63) is 59.9 Å². The molecular formula is C22H24N4O2. The number of benzene rings is 1. The van der Waals surface area contributed by atoms with Gasteiger partial charge in [-0.2, -0.15) is 5.10 Å². The first-order valence-corrected chi connectivity index (χ1v) is 9.91. The number of hydrogen-bond donors (Lipinski definition) is 1. The average Bonchev–Trinajstić information content (AvgIpc) is 3.33. The molecular weight excluding hydrogens is 352 g/mol. The number of aryl methyl sites for hydroxylation is 1. The number of pyridine rings is 1. The largest absolute Gasteiger partial charge is 0.385 e. The van der Waals surface area contributed by atoms with Gasteiger partial charge in [0.05, 0.1) is 22.9 Å². The van der Waals surface area contributed by atoms with E-state index in [0.29, 0.717) is 24.6 Å². The number of likely N-dealkylation sites (tertiary alicyclic amines) is 1. The molecule has 2 aromatic heterocycles. The lowest BCUT2D eigenvalue weighted by Gasteiger charge is -2.41. The van der Waals surface area contributed by atoms with Crippen LogP contribution < -0.4 is 0 Å². The third-order valence-corrected chi connectivity index (χ3v) is 6.59. The molecule has 1 aromatic carbocycles. The molecule has 6 nitrogen and oxygen atoms in total. The SMILES string of the molecule is Cn1ncc2ncc(C(=O)N3C[C@@H]4CCC[C@@](O)(c5ccccc5)[C@@H]4C3)cc21. The van der Waals surface area contributed by atoms with E-state index < -0.39 is 5.60 Å². The molecule has 6 heteroatoms. The standard InChI is InChI=1S/C22H24N4O2/c1-25-20-10-16(11-23-19(20)12-24-25)21(27)26-13-15-6-5-9-22(28,18(15)14-26)17-7-3-2-4-8-17/h2-4,7-8,10-12,15,18,28H,5-6,9,13-14H2,1H3/t15-,18+,22+/m0/s1. The van der Waals surface area contributed by atoms with Gasteiger partial charge < -0.3 is 10.0 Å². The van der Waals surface area contributed by atoms with Crippen LogP contribution in [0.15, 0.2) is 48.8 Å². The summed E-state index contributed by atoms with van der Waals surface area (Å²) in [5.41, 5.74) is 2.33. The Labute approximate surface area is 163 Å². The fourth-order valence-corrected chi connectivity index (χ4v) is 5.10. The molecule has 1 amide bonds. The number of rotatable bonds is 2. The zero-order valence-electron chi connectivity index (χ0n) is 16.0. The van der Waals surface area contributed by atoms with Crippen molar-refractivity contribution in [3.63, 3.8) is 0 Å². The second kappa shape index (κ2) is 6.41. The fraction of sp³-hybridized carbons (Fsp3) is 0.409. The van der Waals surface area contributed by atoms with Gasteiger partial charge in [-0.25, -0.2) is 0 Å². The molecule has 2 aliphatic rings. The molecule has 3 aromatic rings. The van der Waals surface area contributed by atoms with E-state index in [9.17, 15) is 9.90 Å². The van der Waals surface area contributed by atoms with Crippen LogP contribution >= 0.6 is 0 Å². The number of hydrogen-bond acceptors (Lipinski definition) is 4. The van der Waals surface area contributed by atoms with Crippen molar-refractivity contribution in [1.82, 2.24) is 19.7 Å². The van der Waals surface area contributed by atoms with Gasteiger partial charge in [0, 0.05) is 32.3 Å². The first-order valence-electron chi connectivity index (χ1n) is 9.91. The van der Waals surface area contributed by atoms with Crippen LogP contribution in [0.2, 0.25) is 0 Å². The summed E-state index contributed by atoms with van der Waals surface area (Å²) in [5.74, 6) is 0.387. The second-order valence-corrected chi connectivity index (χ2v) is 8.16. The zero-order chi connectivity index (χ0) is 19.3. The minimum atomic E-state index is -0.858. The highest BCUT2D eigenvalue weighted by molar-refractivity contribution is 5.96. The Morgan fingerprint density at radius 1 is 1.21 bits per heavy atom. The van der Waals surface area contributed by atoms with Gasteiger partial charge in [-0.3, -0.25) is 14.5 Å². The lowest BCUT2D eigenvalue weighted by molar-refractivity contribution is -0.0644. The lowest BCUT2D eigenvalue weighted by Crippen LogP contribution is -2.42. The molecule has 3 atom stereocenters. The molecule has 5 rings (SSSR count). The lowest BCUT2D eigenvalue weighted by atomic mass is 9.67. The fourth-order valence-electron chi connectivity index (χ4n) is 5.10. The van der Waals surface area contributed by atoms with Gasteiger partial charge >= 0.3 is 0 Å². The van der Waals surface area contributed by atoms with E-state index in [1.165, 1.54) is 0 Å². The number of carbonyl (C=O) groups is 1. The summed E-state index contributed by atoms with van der Waals surface area (Å²) in [6.07, 6.45) is 6.13. The highest BCUT2D eigenvalue weighted by atomic mass is 16.3. The van der Waals surface area contributed by atoms with Crippen molar-refractivity contribution >= 4 is 16.9 Å². The maximum absolute atomic E-state index is 13.2. The molecule has 1 saturated carbocycles. The Bertz CT molecular complexity index is 1030. The average molecular weight is 376 g/mol. The van der Waals surface area contributed by atoms with E-state index in [2.05, 4.69) is 10.1 Å². The molecule has 1 aliphatic heterocycles. The molecule has 144 valence electrons. The summed E-state index contributed by atoms with van der Waals surface area (Å²) in [6.45, 7) is 1.28. The van der Waals surface area contributed by atoms with Gasteiger partial charge in [0.1, 0.15) is 5.52 Å². The number of carbonyl (C=O) groups excluding carboxylic acids is 1. The first-order chi connectivity index (χ1) is 13.6. The van der Waals surface area contributed by atoms with E-state index in [1.54, 1.807) is 17.1 Å². The van der Waals surface area contributed by atoms with Gasteiger partial charge in [-0.1, -0.05) is 30.3 Å². The summed E-state index contributed by atoms with van der Waals surface area (Å²) in [5, 5.41) is 15.8. The van der Waals surface area contributed by atoms with Gasteiger partial charge in [0.2, 0.25) is 0 Å². The summed E-state index contributed by atoms with van der Waals surface area (Å²) < 4.78 is 1.73. The van der Waals surface area contributed by atoms with Crippen LogP contribution in [-0.2, 0) is 12.6 Å². The van der Waals surface area contributed by atoms with Gasteiger partial charge in [0.25, 0.3) is 5.91 Å². The summed E-state index contributed by atoms with van der Waals surface area (Å²) >= 11 is 0. The van der Waals surface area contributed by atoms with Crippen molar-refractivity contribution in [3.8, 4) is 0 Å². The van der Waals surface area contributed by atoms with E-state index in [4.69, 9.17) is 0 Å². The molecule has 1 aliphatic carbocycles. The second-order valence-electron chi connectivity index (χ2n) is 8.16. The van der Waals surface area contributed by atoms with E-state index >= 15 is 0 Å². The van der Waals surface area contributed by atoms with Crippen LogP contribution in [0.5, 0.6) is 0 Å². The topological polar surface area (TPSA) is 71.2 Å². The zero-order valence-corrected chi connectivity index (χ0v) is 16.0. The van der Waals surface area contributed by atoms with Crippen molar-refractivity contribution in [2.45, 2.75) is 24.9 Å². The summed E-state index contributed by atoms with van der Waals surface area (Å²) in [4.78, 5) is 19.5. The first kappa shape index (κ1) is 17.4. The van der Waals surface area contributed by atoms with Crippen LogP contribution in [0.1, 0.15) is 35.2 Å². The predicted octanol–water partition coefficient (Wildman–Crippen LogP) is 2.73. The molecule has 0 bridgehead atoms. The Morgan fingerprint density at radius 2 is 2.04 bits per heavy atom. The number of aliphatic hydroxyl groups is 1. The van der Waals surface area contributed by atoms with Crippen molar-refractivity contribution in [2.24, 2.45) is 18.9 Å². The van der Waals surface area contributed by atoms with Crippen molar-refractivity contribution < 1.29 is 9.90 Å². The Kier molecular flexibility index (Phi) is 3.98. The third kappa shape index (κ3) is 2.63. The highest BCUT2D eigenvalue weighted by Gasteiger charge is 2.50. The van der Waals surface area contributed by atoms with Crippen LogP contribution in [-0.4, -0.2) is 43.8 Å². The molecule has 1 saturated heterocycles. The van der Waals surface area contributed by atoms with Crippen LogP contribution in [0.25, 0.3) is 11.0 Å². The Morgan fingerprint density at radius 3 is 2.86 bits per heavy atom. The Balaban J connectivity index is 1.43. The molecule has 0 spiro atoms. The van der Waals surface area contributed by atoms with E-state index in [1.807, 2.05) is 48.3 Å². The van der Waals surface area contributed by atoms with E-state index in [0.717, 1.165) is 35.9 Å². The van der Waals surface area contributed by atoms with Crippen LogP contribution in [0.4, 0.5) is 0 Å². The van der Waals surface area contributed by atoms with Crippen molar-refractivity contribution in [1.29, 1.82) is 0 Å². The maximum Gasteiger partial charge on any atom is 0.255 e.